The van der Waals surface area contributed by atoms with Crippen molar-refractivity contribution in [3.05, 3.63) is 28.5 Å². The van der Waals surface area contributed by atoms with Crippen molar-refractivity contribution in [1.29, 1.82) is 0 Å². The molecule has 1 aromatic carbocycles. The van der Waals surface area contributed by atoms with Crippen LogP contribution in [0.3, 0.4) is 0 Å². The number of halogens is 2. The summed E-state index contributed by atoms with van der Waals surface area (Å²) in [5, 5.41) is 3.32. The van der Waals surface area contributed by atoms with Gasteiger partial charge >= 0.3 is 0 Å². The van der Waals surface area contributed by atoms with Gasteiger partial charge in [-0.1, -0.05) is 13.3 Å². The van der Waals surface area contributed by atoms with E-state index in [-0.39, 0.29) is 5.82 Å². The van der Waals surface area contributed by atoms with Crippen molar-refractivity contribution < 1.29 is 4.39 Å². The summed E-state index contributed by atoms with van der Waals surface area (Å²) in [6.07, 6.45) is 2.26. The van der Waals surface area contributed by atoms with E-state index in [1.165, 1.54) is 12.1 Å². The molecule has 1 unspecified atom stereocenters. The SMILES string of the molecule is CCCC(C)Nc1ccc(F)cc1Br. The van der Waals surface area contributed by atoms with Gasteiger partial charge in [0.15, 0.2) is 0 Å². The summed E-state index contributed by atoms with van der Waals surface area (Å²) in [6, 6.07) is 5.11. The van der Waals surface area contributed by atoms with Gasteiger partial charge in [-0.3, -0.25) is 0 Å². The Kier molecular flexibility index (Phi) is 4.39. The van der Waals surface area contributed by atoms with Crippen molar-refractivity contribution in [2.75, 3.05) is 5.32 Å². The topological polar surface area (TPSA) is 12.0 Å². The highest BCUT2D eigenvalue weighted by Crippen LogP contribution is 2.24. The molecule has 1 atom stereocenters. The molecule has 0 aliphatic rings. The van der Waals surface area contributed by atoms with E-state index in [1.54, 1.807) is 6.07 Å². The standard InChI is InChI=1S/C11H15BrFN/c1-3-4-8(2)14-11-6-5-9(13)7-10(11)12/h5-8,14H,3-4H2,1-2H3. The van der Waals surface area contributed by atoms with Crippen LogP contribution in [0, 0.1) is 5.82 Å². The first-order valence-corrected chi connectivity index (χ1v) is 5.64. The number of rotatable bonds is 4. The largest absolute Gasteiger partial charge is 0.382 e. The van der Waals surface area contributed by atoms with Crippen LogP contribution in [0.1, 0.15) is 26.7 Å². The van der Waals surface area contributed by atoms with Gasteiger partial charge in [-0.25, -0.2) is 4.39 Å². The Morgan fingerprint density at radius 2 is 2.21 bits per heavy atom. The lowest BCUT2D eigenvalue weighted by atomic mass is 10.2. The van der Waals surface area contributed by atoms with E-state index in [0.717, 1.165) is 23.0 Å². The van der Waals surface area contributed by atoms with Crippen LogP contribution in [-0.2, 0) is 0 Å². The highest BCUT2D eigenvalue weighted by Gasteiger charge is 2.04. The van der Waals surface area contributed by atoms with Crippen LogP contribution in [0.2, 0.25) is 0 Å². The van der Waals surface area contributed by atoms with Crippen molar-refractivity contribution >= 4 is 21.6 Å². The molecule has 78 valence electrons. The molecule has 0 radical (unpaired) electrons. The second kappa shape index (κ2) is 5.35. The number of hydrogen-bond acceptors (Lipinski definition) is 1. The van der Waals surface area contributed by atoms with Gasteiger partial charge in [-0.05, 0) is 47.5 Å². The zero-order chi connectivity index (χ0) is 10.6. The molecule has 1 aromatic rings. The molecule has 0 heterocycles. The van der Waals surface area contributed by atoms with E-state index in [1.807, 2.05) is 0 Å². The highest BCUT2D eigenvalue weighted by atomic mass is 79.9. The summed E-state index contributed by atoms with van der Waals surface area (Å²) in [4.78, 5) is 0. The summed E-state index contributed by atoms with van der Waals surface area (Å²) in [6.45, 7) is 4.27. The Morgan fingerprint density at radius 3 is 2.79 bits per heavy atom. The van der Waals surface area contributed by atoms with Gasteiger partial charge in [0.05, 0.1) is 0 Å². The van der Waals surface area contributed by atoms with E-state index in [4.69, 9.17) is 0 Å². The van der Waals surface area contributed by atoms with Crippen LogP contribution in [0.4, 0.5) is 10.1 Å². The van der Waals surface area contributed by atoms with E-state index in [9.17, 15) is 4.39 Å². The fourth-order valence-electron chi connectivity index (χ4n) is 1.38. The van der Waals surface area contributed by atoms with E-state index >= 15 is 0 Å². The molecule has 3 heteroatoms. The Morgan fingerprint density at radius 1 is 1.50 bits per heavy atom. The third-order valence-electron chi connectivity index (χ3n) is 2.05. The van der Waals surface area contributed by atoms with Crippen molar-refractivity contribution in [3.8, 4) is 0 Å². The van der Waals surface area contributed by atoms with Crippen LogP contribution in [-0.4, -0.2) is 6.04 Å². The molecule has 1 nitrogen and oxygen atoms in total. The molecule has 1 rings (SSSR count). The second-order valence-electron chi connectivity index (χ2n) is 3.46. The summed E-state index contributed by atoms with van der Waals surface area (Å²) in [7, 11) is 0. The zero-order valence-electron chi connectivity index (χ0n) is 8.48. The summed E-state index contributed by atoms with van der Waals surface area (Å²) < 4.78 is 13.6. The molecule has 0 bridgehead atoms. The molecule has 0 aliphatic heterocycles. The number of nitrogens with one attached hydrogen (secondary N) is 1. The number of anilines is 1. The average molecular weight is 260 g/mol. The maximum absolute atomic E-state index is 12.8. The average Bonchev–Trinajstić information content (AvgIpc) is 2.10. The molecular formula is C11H15BrFN. The summed E-state index contributed by atoms with van der Waals surface area (Å²) >= 11 is 3.32. The lowest BCUT2D eigenvalue weighted by molar-refractivity contribution is 0.626. The molecule has 0 fully saturated rings. The van der Waals surface area contributed by atoms with Crippen molar-refractivity contribution in [3.63, 3.8) is 0 Å². The van der Waals surface area contributed by atoms with Crippen molar-refractivity contribution in [2.24, 2.45) is 0 Å². The fraction of sp³-hybridized carbons (Fsp3) is 0.455. The quantitative estimate of drug-likeness (QED) is 0.855. The monoisotopic (exact) mass is 259 g/mol. The molecule has 14 heavy (non-hydrogen) atoms. The van der Waals surface area contributed by atoms with Gasteiger partial charge in [0.1, 0.15) is 5.82 Å². The van der Waals surface area contributed by atoms with E-state index in [0.29, 0.717) is 6.04 Å². The predicted molar refractivity (Wildman–Crippen MR) is 62.1 cm³/mol. The molecular weight excluding hydrogens is 245 g/mol. The summed E-state index contributed by atoms with van der Waals surface area (Å²) in [5.74, 6) is -0.217. The van der Waals surface area contributed by atoms with Crippen LogP contribution in [0.25, 0.3) is 0 Å². The molecule has 0 aromatic heterocycles. The molecule has 1 N–H and O–H groups in total. The maximum atomic E-state index is 12.8. The van der Waals surface area contributed by atoms with Gasteiger partial charge in [-0.15, -0.1) is 0 Å². The molecule has 0 saturated carbocycles. The Balaban J connectivity index is 2.67. The van der Waals surface area contributed by atoms with Crippen LogP contribution in [0.5, 0.6) is 0 Å². The fourth-order valence-corrected chi connectivity index (χ4v) is 1.84. The first-order chi connectivity index (χ1) is 6.63. The van der Waals surface area contributed by atoms with Gasteiger partial charge in [0.2, 0.25) is 0 Å². The number of benzene rings is 1. The van der Waals surface area contributed by atoms with Gasteiger partial charge in [0, 0.05) is 16.2 Å². The second-order valence-corrected chi connectivity index (χ2v) is 4.31. The lowest BCUT2D eigenvalue weighted by Crippen LogP contribution is -2.14. The predicted octanol–water partition coefficient (Wildman–Crippen LogP) is 4.19. The summed E-state index contributed by atoms with van der Waals surface area (Å²) in [5.41, 5.74) is 0.951. The molecule has 0 saturated heterocycles. The minimum Gasteiger partial charge on any atom is -0.382 e. The third-order valence-corrected chi connectivity index (χ3v) is 2.71. The highest BCUT2D eigenvalue weighted by molar-refractivity contribution is 9.10. The van der Waals surface area contributed by atoms with Gasteiger partial charge in [-0.2, -0.15) is 0 Å². The van der Waals surface area contributed by atoms with E-state index < -0.39 is 0 Å². The van der Waals surface area contributed by atoms with Crippen LogP contribution in [0.15, 0.2) is 22.7 Å². The Bertz CT molecular complexity index is 301. The lowest BCUT2D eigenvalue weighted by Gasteiger charge is -2.15. The van der Waals surface area contributed by atoms with Crippen molar-refractivity contribution in [2.45, 2.75) is 32.7 Å². The molecule has 0 aliphatic carbocycles. The zero-order valence-corrected chi connectivity index (χ0v) is 10.1. The minimum atomic E-state index is -0.217. The first kappa shape index (κ1) is 11.5. The van der Waals surface area contributed by atoms with Gasteiger partial charge < -0.3 is 5.32 Å². The third kappa shape index (κ3) is 3.29. The van der Waals surface area contributed by atoms with Crippen LogP contribution >= 0.6 is 15.9 Å². The smallest absolute Gasteiger partial charge is 0.124 e. The van der Waals surface area contributed by atoms with Crippen molar-refractivity contribution in [1.82, 2.24) is 0 Å². The van der Waals surface area contributed by atoms with Crippen LogP contribution < -0.4 is 5.32 Å². The Hall–Kier alpha value is -0.570. The van der Waals surface area contributed by atoms with Gasteiger partial charge in [0.25, 0.3) is 0 Å². The maximum Gasteiger partial charge on any atom is 0.124 e. The normalized spacial score (nSPS) is 12.6. The Labute approximate surface area is 92.8 Å². The molecule has 0 amide bonds. The minimum absolute atomic E-state index is 0.217. The number of hydrogen-bond donors (Lipinski definition) is 1. The molecule has 0 spiro atoms. The van der Waals surface area contributed by atoms with E-state index in [2.05, 4.69) is 35.1 Å². The first-order valence-electron chi connectivity index (χ1n) is 4.85.